The molecule has 0 radical (unpaired) electrons. The summed E-state index contributed by atoms with van der Waals surface area (Å²) < 4.78 is 0. The molecule has 0 aliphatic rings. The van der Waals surface area contributed by atoms with Gasteiger partial charge in [-0.25, -0.2) is 0 Å². The maximum absolute atomic E-state index is 13.0. The Morgan fingerprint density at radius 2 is 1.65 bits per heavy atom. The van der Waals surface area contributed by atoms with Crippen LogP contribution < -0.4 is 4.90 Å². The molecule has 0 atom stereocenters. The zero-order valence-corrected chi connectivity index (χ0v) is 14.5. The molecule has 26 heavy (non-hydrogen) atoms. The van der Waals surface area contributed by atoms with Gasteiger partial charge in [-0.1, -0.05) is 41.9 Å². The number of nitrogens with zero attached hydrogens (tertiary/aromatic N) is 2. The summed E-state index contributed by atoms with van der Waals surface area (Å²) >= 11 is 5.90. The van der Waals surface area contributed by atoms with Crippen molar-refractivity contribution in [1.29, 1.82) is 0 Å². The van der Waals surface area contributed by atoms with Crippen molar-refractivity contribution in [1.82, 2.24) is 0 Å². The Hall–Kier alpha value is -3.18. The van der Waals surface area contributed by atoms with Crippen LogP contribution in [-0.4, -0.2) is 10.8 Å². The molecule has 0 aliphatic heterocycles. The highest BCUT2D eigenvalue weighted by molar-refractivity contribution is 6.30. The number of anilines is 1. The highest BCUT2D eigenvalue weighted by atomic mass is 35.5. The van der Waals surface area contributed by atoms with Crippen LogP contribution >= 0.6 is 11.6 Å². The van der Waals surface area contributed by atoms with Crippen molar-refractivity contribution in [3.63, 3.8) is 0 Å². The van der Waals surface area contributed by atoms with Gasteiger partial charge in [0.25, 0.3) is 11.6 Å². The predicted molar refractivity (Wildman–Crippen MR) is 102 cm³/mol. The fourth-order valence-electron chi connectivity index (χ4n) is 2.59. The summed E-state index contributed by atoms with van der Waals surface area (Å²) in [6, 6.07) is 22.1. The molecule has 3 rings (SSSR count). The van der Waals surface area contributed by atoms with E-state index < -0.39 is 4.92 Å². The van der Waals surface area contributed by atoms with Gasteiger partial charge < -0.3 is 4.90 Å². The molecule has 0 unspecified atom stereocenters. The highest BCUT2D eigenvalue weighted by Crippen LogP contribution is 2.22. The van der Waals surface area contributed by atoms with Crippen LogP contribution in [0.15, 0.2) is 78.9 Å². The third-order valence-electron chi connectivity index (χ3n) is 3.87. The van der Waals surface area contributed by atoms with Gasteiger partial charge in [-0.3, -0.25) is 14.9 Å². The molecule has 3 aromatic carbocycles. The van der Waals surface area contributed by atoms with Gasteiger partial charge in [0.1, 0.15) is 0 Å². The number of hydrogen-bond donors (Lipinski definition) is 0. The van der Waals surface area contributed by atoms with E-state index in [0.29, 0.717) is 21.8 Å². The topological polar surface area (TPSA) is 63.5 Å². The lowest BCUT2D eigenvalue weighted by molar-refractivity contribution is -0.384. The standard InChI is InChI=1S/C20H15ClN2O3/c21-17-11-9-16(10-12-17)20(24)22(18-6-2-1-3-7-18)14-15-5-4-8-19(13-15)23(25)26/h1-13H,14H2. The molecule has 0 saturated carbocycles. The molecule has 0 fully saturated rings. The molecule has 0 N–H and O–H groups in total. The van der Waals surface area contributed by atoms with Crippen LogP contribution in [0.2, 0.25) is 5.02 Å². The molecule has 1 amide bonds. The lowest BCUT2D eigenvalue weighted by Gasteiger charge is -2.23. The molecule has 130 valence electrons. The fraction of sp³-hybridized carbons (Fsp3) is 0.0500. The van der Waals surface area contributed by atoms with Crippen molar-refractivity contribution < 1.29 is 9.72 Å². The molecule has 3 aromatic rings. The zero-order valence-electron chi connectivity index (χ0n) is 13.7. The predicted octanol–water partition coefficient (Wildman–Crippen LogP) is 5.10. The Balaban J connectivity index is 1.96. The number of amides is 1. The first-order valence-corrected chi connectivity index (χ1v) is 8.28. The van der Waals surface area contributed by atoms with Crippen LogP contribution in [0.1, 0.15) is 15.9 Å². The van der Waals surface area contributed by atoms with E-state index in [-0.39, 0.29) is 18.1 Å². The van der Waals surface area contributed by atoms with E-state index >= 15 is 0 Å². The van der Waals surface area contributed by atoms with Gasteiger partial charge in [0.15, 0.2) is 0 Å². The SMILES string of the molecule is O=C(c1ccc(Cl)cc1)N(Cc1cccc([N+](=O)[O-])c1)c1ccccc1. The highest BCUT2D eigenvalue weighted by Gasteiger charge is 2.19. The summed E-state index contributed by atoms with van der Waals surface area (Å²) in [6.45, 7) is 0.215. The average Bonchev–Trinajstić information content (AvgIpc) is 2.67. The number of nitro benzene ring substituents is 1. The number of non-ortho nitro benzene ring substituents is 1. The van der Waals surface area contributed by atoms with Crippen LogP contribution in [0.25, 0.3) is 0 Å². The second-order valence-electron chi connectivity index (χ2n) is 5.66. The van der Waals surface area contributed by atoms with Crippen molar-refractivity contribution in [3.8, 4) is 0 Å². The summed E-state index contributed by atoms with van der Waals surface area (Å²) in [4.78, 5) is 25.2. The molecule has 0 saturated heterocycles. The number of halogens is 1. The number of rotatable bonds is 5. The molecular weight excluding hydrogens is 352 g/mol. The van der Waals surface area contributed by atoms with E-state index in [1.807, 2.05) is 30.3 Å². The van der Waals surface area contributed by atoms with Crippen molar-refractivity contribution in [2.45, 2.75) is 6.54 Å². The number of para-hydroxylation sites is 1. The molecule has 0 aliphatic carbocycles. The molecule has 0 spiro atoms. The third-order valence-corrected chi connectivity index (χ3v) is 4.12. The van der Waals surface area contributed by atoms with Gasteiger partial charge in [-0.05, 0) is 42.0 Å². The van der Waals surface area contributed by atoms with Crippen LogP contribution in [0.5, 0.6) is 0 Å². The first-order valence-electron chi connectivity index (χ1n) is 7.90. The molecule has 0 bridgehead atoms. The smallest absolute Gasteiger partial charge is 0.269 e. The van der Waals surface area contributed by atoms with Gasteiger partial charge >= 0.3 is 0 Å². The minimum Gasteiger partial charge on any atom is -0.304 e. The Kier molecular flexibility index (Phi) is 5.29. The number of benzene rings is 3. The molecular formula is C20H15ClN2O3. The summed E-state index contributed by atoms with van der Waals surface area (Å²) in [5.41, 5.74) is 1.86. The maximum Gasteiger partial charge on any atom is 0.269 e. The minimum atomic E-state index is -0.447. The van der Waals surface area contributed by atoms with Gasteiger partial charge in [-0.15, -0.1) is 0 Å². The Labute approximate surface area is 155 Å². The third kappa shape index (κ3) is 4.07. The quantitative estimate of drug-likeness (QED) is 0.466. The Morgan fingerprint density at radius 1 is 0.962 bits per heavy atom. The van der Waals surface area contributed by atoms with E-state index in [1.165, 1.54) is 12.1 Å². The number of hydrogen-bond acceptors (Lipinski definition) is 3. The molecule has 5 nitrogen and oxygen atoms in total. The second-order valence-corrected chi connectivity index (χ2v) is 6.10. The fourth-order valence-corrected chi connectivity index (χ4v) is 2.71. The van der Waals surface area contributed by atoms with Crippen LogP contribution in [-0.2, 0) is 6.54 Å². The van der Waals surface area contributed by atoms with Crippen LogP contribution in [0.4, 0.5) is 11.4 Å². The van der Waals surface area contributed by atoms with Gasteiger partial charge in [0.05, 0.1) is 11.5 Å². The number of carbonyl (C=O) groups is 1. The largest absolute Gasteiger partial charge is 0.304 e. The van der Waals surface area contributed by atoms with Crippen molar-refractivity contribution >= 4 is 28.9 Å². The number of nitro groups is 1. The Morgan fingerprint density at radius 3 is 2.31 bits per heavy atom. The van der Waals surface area contributed by atoms with E-state index in [4.69, 9.17) is 11.6 Å². The summed E-state index contributed by atoms with van der Waals surface area (Å²) in [7, 11) is 0. The summed E-state index contributed by atoms with van der Waals surface area (Å²) in [5, 5.41) is 11.6. The van der Waals surface area contributed by atoms with Crippen molar-refractivity contribution in [3.05, 3.63) is 105 Å². The normalized spacial score (nSPS) is 10.3. The maximum atomic E-state index is 13.0. The average molecular weight is 367 g/mol. The van der Waals surface area contributed by atoms with Gasteiger partial charge in [0, 0.05) is 28.4 Å². The van der Waals surface area contributed by atoms with Gasteiger partial charge in [0.2, 0.25) is 0 Å². The zero-order chi connectivity index (χ0) is 18.5. The van der Waals surface area contributed by atoms with Crippen LogP contribution in [0, 0.1) is 10.1 Å². The lowest BCUT2D eigenvalue weighted by Crippen LogP contribution is -2.30. The lowest BCUT2D eigenvalue weighted by atomic mass is 10.1. The monoisotopic (exact) mass is 366 g/mol. The Bertz CT molecular complexity index is 927. The van der Waals surface area contributed by atoms with Gasteiger partial charge in [-0.2, -0.15) is 0 Å². The first-order chi connectivity index (χ1) is 12.5. The second kappa shape index (κ2) is 7.80. The molecule has 6 heteroatoms. The van der Waals surface area contributed by atoms with Crippen molar-refractivity contribution in [2.75, 3.05) is 4.90 Å². The first kappa shape index (κ1) is 17.6. The van der Waals surface area contributed by atoms with E-state index in [2.05, 4.69) is 0 Å². The van der Waals surface area contributed by atoms with E-state index in [1.54, 1.807) is 41.3 Å². The van der Waals surface area contributed by atoms with Crippen molar-refractivity contribution in [2.24, 2.45) is 0 Å². The minimum absolute atomic E-state index is 0.00514. The summed E-state index contributed by atoms with van der Waals surface area (Å²) in [6.07, 6.45) is 0. The number of carbonyl (C=O) groups excluding carboxylic acids is 1. The van der Waals surface area contributed by atoms with Crippen LogP contribution in [0.3, 0.4) is 0 Å². The van der Waals surface area contributed by atoms with E-state index in [0.717, 1.165) is 0 Å². The molecule has 0 heterocycles. The van der Waals surface area contributed by atoms with E-state index in [9.17, 15) is 14.9 Å². The molecule has 0 aromatic heterocycles. The summed E-state index contributed by atoms with van der Waals surface area (Å²) in [5.74, 6) is -0.209.